The lowest BCUT2D eigenvalue weighted by atomic mass is 10.2. The van der Waals surface area contributed by atoms with E-state index >= 15 is 0 Å². The first-order chi connectivity index (χ1) is 9.58. The van der Waals surface area contributed by atoms with Crippen LogP contribution in [0.5, 0.6) is 0 Å². The average molecular weight is 347 g/mol. The Labute approximate surface area is 130 Å². The van der Waals surface area contributed by atoms with Crippen molar-refractivity contribution in [3.63, 3.8) is 0 Å². The second kappa shape index (κ2) is 5.13. The van der Waals surface area contributed by atoms with Gasteiger partial charge in [0, 0.05) is 0 Å². The Morgan fingerprint density at radius 1 is 1.25 bits per heavy atom. The fourth-order valence-corrected chi connectivity index (χ4v) is 3.43. The standard InChI is InChI=1S/C10H4Cl2N4O2S2/c11-3-1-4(12)6-7(16-20-15-6)5(3)14-9-8(10(17)18)13-2-19-9/h1-2,14H,(H,17,18). The van der Waals surface area contributed by atoms with Gasteiger partial charge < -0.3 is 10.4 Å². The van der Waals surface area contributed by atoms with E-state index in [2.05, 4.69) is 19.0 Å². The minimum Gasteiger partial charge on any atom is -0.476 e. The van der Waals surface area contributed by atoms with Gasteiger partial charge in [0.25, 0.3) is 0 Å². The largest absolute Gasteiger partial charge is 0.476 e. The first-order valence-corrected chi connectivity index (χ1v) is 7.48. The highest BCUT2D eigenvalue weighted by molar-refractivity contribution is 7.14. The molecular formula is C10H4Cl2N4O2S2. The third-order valence-electron chi connectivity index (χ3n) is 2.45. The summed E-state index contributed by atoms with van der Waals surface area (Å²) in [6.07, 6.45) is 0. The van der Waals surface area contributed by atoms with Crippen LogP contribution in [0.4, 0.5) is 10.7 Å². The van der Waals surface area contributed by atoms with E-state index in [4.69, 9.17) is 28.3 Å². The monoisotopic (exact) mass is 346 g/mol. The molecule has 0 saturated carbocycles. The summed E-state index contributed by atoms with van der Waals surface area (Å²) in [5.74, 6) is -1.12. The number of rotatable bonds is 3. The lowest BCUT2D eigenvalue weighted by Crippen LogP contribution is -2.01. The summed E-state index contributed by atoms with van der Waals surface area (Å²) < 4.78 is 8.21. The minimum atomic E-state index is -1.12. The van der Waals surface area contributed by atoms with Gasteiger partial charge in [0.05, 0.1) is 33.0 Å². The third-order valence-corrected chi connectivity index (χ3v) is 4.31. The molecule has 0 amide bonds. The lowest BCUT2D eigenvalue weighted by Gasteiger charge is -2.08. The quantitative estimate of drug-likeness (QED) is 0.747. The van der Waals surface area contributed by atoms with Crippen LogP contribution in [0, 0.1) is 0 Å². The van der Waals surface area contributed by atoms with Crippen LogP contribution >= 0.6 is 46.3 Å². The Morgan fingerprint density at radius 3 is 2.75 bits per heavy atom. The molecule has 0 radical (unpaired) electrons. The highest BCUT2D eigenvalue weighted by Gasteiger charge is 2.18. The van der Waals surface area contributed by atoms with Crippen molar-refractivity contribution in [2.75, 3.05) is 5.32 Å². The Balaban J connectivity index is 2.13. The topological polar surface area (TPSA) is 88.0 Å². The summed E-state index contributed by atoms with van der Waals surface area (Å²) in [4.78, 5) is 14.8. The molecule has 0 fully saturated rings. The van der Waals surface area contributed by atoms with Crippen LogP contribution in [0.15, 0.2) is 11.6 Å². The highest BCUT2D eigenvalue weighted by Crippen LogP contribution is 2.38. The maximum absolute atomic E-state index is 11.0. The summed E-state index contributed by atoms with van der Waals surface area (Å²) in [5, 5.41) is 13.1. The molecule has 0 unspecified atom stereocenters. The Morgan fingerprint density at radius 2 is 2.00 bits per heavy atom. The van der Waals surface area contributed by atoms with Crippen LogP contribution in [0.1, 0.15) is 10.5 Å². The van der Waals surface area contributed by atoms with E-state index in [1.165, 1.54) is 11.6 Å². The van der Waals surface area contributed by atoms with Gasteiger partial charge in [-0.3, -0.25) is 0 Å². The number of carbonyl (C=O) groups is 1. The van der Waals surface area contributed by atoms with Gasteiger partial charge >= 0.3 is 5.97 Å². The van der Waals surface area contributed by atoms with Crippen molar-refractivity contribution in [1.82, 2.24) is 13.7 Å². The smallest absolute Gasteiger partial charge is 0.357 e. The highest BCUT2D eigenvalue weighted by atomic mass is 35.5. The zero-order valence-electron chi connectivity index (χ0n) is 9.42. The number of carboxylic acids is 1. The number of aromatic carboxylic acids is 1. The first kappa shape index (κ1) is 13.5. The molecule has 2 aromatic heterocycles. The molecule has 3 rings (SSSR count). The van der Waals surface area contributed by atoms with Crippen molar-refractivity contribution in [3.05, 3.63) is 27.3 Å². The van der Waals surface area contributed by atoms with Gasteiger partial charge in [-0.15, -0.1) is 11.3 Å². The maximum atomic E-state index is 11.0. The number of fused-ring (bicyclic) bond motifs is 1. The molecule has 0 saturated heterocycles. The molecule has 20 heavy (non-hydrogen) atoms. The second-order valence-corrected chi connectivity index (χ2v) is 5.83. The Hall–Kier alpha value is -1.48. The molecule has 0 bridgehead atoms. The van der Waals surface area contributed by atoms with E-state index in [1.54, 1.807) is 0 Å². The van der Waals surface area contributed by atoms with Crippen LogP contribution in [0.3, 0.4) is 0 Å². The van der Waals surface area contributed by atoms with Gasteiger partial charge in [-0.05, 0) is 6.07 Å². The molecule has 0 aliphatic carbocycles. The van der Waals surface area contributed by atoms with E-state index < -0.39 is 5.97 Å². The molecule has 2 N–H and O–H groups in total. The summed E-state index contributed by atoms with van der Waals surface area (Å²) in [6, 6.07) is 1.54. The molecule has 102 valence electrons. The van der Waals surface area contributed by atoms with Crippen LogP contribution < -0.4 is 5.32 Å². The molecular weight excluding hydrogens is 343 g/mol. The molecule has 10 heteroatoms. The predicted molar refractivity (Wildman–Crippen MR) is 79.8 cm³/mol. The Bertz CT molecular complexity index is 817. The van der Waals surface area contributed by atoms with E-state index in [1.807, 2.05) is 0 Å². The van der Waals surface area contributed by atoms with E-state index in [-0.39, 0.29) is 5.69 Å². The van der Waals surface area contributed by atoms with E-state index in [0.29, 0.717) is 31.8 Å². The van der Waals surface area contributed by atoms with Crippen LogP contribution in [-0.4, -0.2) is 24.8 Å². The number of hydrogen-bond donors (Lipinski definition) is 2. The van der Waals surface area contributed by atoms with E-state index in [0.717, 1.165) is 23.1 Å². The number of nitrogens with one attached hydrogen (secondary N) is 1. The van der Waals surface area contributed by atoms with Gasteiger partial charge in [-0.25, -0.2) is 9.78 Å². The number of aromatic nitrogens is 3. The fourth-order valence-electron chi connectivity index (χ4n) is 1.59. The molecule has 2 heterocycles. The van der Waals surface area contributed by atoms with Crippen molar-refractivity contribution in [2.24, 2.45) is 0 Å². The van der Waals surface area contributed by atoms with Crippen molar-refractivity contribution in [1.29, 1.82) is 0 Å². The summed E-state index contributed by atoms with van der Waals surface area (Å²) in [6.45, 7) is 0. The number of nitrogens with zero attached hydrogens (tertiary/aromatic N) is 3. The average Bonchev–Trinajstić information content (AvgIpc) is 3.03. The SMILES string of the molecule is O=C(O)c1ncsc1Nc1c(Cl)cc(Cl)c2nsnc12. The summed E-state index contributed by atoms with van der Waals surface area (Å²) in [5.41, 5.74) is 2.85. The minimum absolute atomic E-state index is 0.0719. The fraction of sp³-hybridized carbons (Fsp3) is 0. The summed E-state index contributed by atoms with van der Waals surface area (Å²) >= 11 is 14.3. The molecule has 0 spiro atoms. The zero-order valence-corrected chi connectivity index (χ0v) is 12.6. The van der Waals surface area contributed by atoms with Gasteiger partial charge in [0.15, 0.2) is 5.69 Å². The number of carboxylic acid groups (broad SMARTS) is 1. The van der Waals surface area contributed by atoms with Crippen LogP contribution in [0.2, 0.25) is 10.0 Å². The van der Waals surface area contributed by atoms with Gasteiger partial charge in [-0.2, -0.15) is 8.75 Å². The maximum Gasteiger partial charge on any atom is 0.357 e. The van der Waals surface area contributed by atoms with Crippen molar-refractivity contribution in [2.45, 2.75) is 0 Å². The lowest BCUT2D eigenvalue weighted by molar-refractivity contribution is 0.0692. The van der Waals surface area contributed by atoms with Gasteiger partial charge in [0.1, 0.15) is 16.0 Å². The van der Waals surface area contributed by atoms with Crippen LogP contribution in [0.25, 0.3) is 11.0 Å². The number of anilines is 2. The predicted octanol–water partition coefficient (Wildman–Crippen LogP) is 3.90. The summed E-state index contributed by atoms with van der Waals surface area (Å²) in [7, 11) is 0. The number of hydrogen-bond acceptors (Lipinski definition) is 7. The third kappa shape index (κ3) is 2.20. The molecule has 3 aromatic rings. The molecule has 0 atom stereocenters. The molecule has 0 aliphatic rings. The van der Waals surface area contributed by atoms with Gasteiger partial charge in [-0.1, -0.05) is 23.2 Å². The van der Waals surface area contributed by atoms with Crippen molar-refractivity contribution >= 4 is 74.0 Å². The number of benzene rings is 1. The van der Waals surface area contributed by atoms with Crippen LogP contribution in [-0.2, 0) is 0 Å². The Kier molecular flexibility index (Phi) is 3.47. The first-order valence-electron chi connectivity index (χ1n) is 5.12. The molecule has 6 nitrogen and oxygen atoms in total. The second-order valence-electron chi connectivity index (χ2n) is 3.64. The zero-order chi connectivity index (χ0) is 14.3. The molecule has 0 aliphatic heterocycles. The van der Waals surface area contributed by atoms with Crippen molar-refractivity contribution < 1.29 is 9.90 Å². The number of thiazole rings is 1. The van der Waals surface area contributed by atoms with Crippen molar-refractivity contribution in [3.8, 4) is 0 Å². The number of halogens is 2. The van der Waals surface area contributed by atoms with E-state index in [9.17, 15) is 4.79 Å². The normalized spacial score (nSPS) is 10.9. The van der Waals surface area contributed by atoms with Gasteiger partial charge in [0.2, 0.25) is 0 Å². The molecule has 1 aromatic carbocycles.